The maximum Gasteiger partial charge on any atom is 0.0780 e. The van der Waals surface area contributed by atoms with Crippen molar-refractivity contribution in [3.05, 3.63) is 0 Å². The predicted octanol–water partition coefficient (Wildman–Crippen LogP) is -6.68. The molecule has 0 aromatic carbocycles. The molecule has 0 unspecified atom stereocenters. The summed E-state index contributed by atoms with van der Waals surface area (Å²) < 4.78 is 2.21. The monoisotopic (exact) mass is 680 g/mol. The van der Waals surface area contributed by atoms with Gasteiger partial charge in [0.05, 0.1) is 61.9 Å². The van der Waals surface area contributed by atoms with Gasteiger partial charge in [-0.25, -0.2) is 0 Å². The van der Waals surface area contributed by atoms with Gasteiger partial charge >= 0.3 is 0 Å². The summed E-state index contributed by atoms with van der Waals surface area (Å²) in [6, 6.07) is 0. The van der Waals surface area contributed by atoms with E-state index < -0.39 is 0 Å². The molecule has 0 fully saturated rings. The topological polar surface area (TPSA) is 30.9 Å². The van der Waals surface area contributed by atoms with Crippen molar-refractivity contribution in [3.8, 4) is 0 Å². The minimum atomic E-state index is 0. The number of halogens is 3. The van der Waals surface area contributed by atoms with Gasteiger partial charge in [-0.3, -0.25) is 0 Å². The van der Waals surface area contributed by atoms with Crippen LogP contribution in [0.5, 0.6) is 0 Å². The summed E-state index contributed by atoms with van der Waals surface area (Å²) in [5.74, 6) is 0. The van der Waals surface area contributed by atoms with E-state index in [1.807, 2.05) is 0 Å². The van der Waals surface area contributed by atoms with E-state index in [0.29, 0.717) is 0 Å². The molecule has 0 atom stereocenters. The highest BCUT2D eigenvalue weighted by molar-refractivity contribution is 4.46. The second kappa shape index (κ2) is 24.1. The van der Waals surface area contributed by atoms with Crippen LogP contribution < -0.4 is 70.7 Å². The van der Waals surface area contributed by atoms with Crippen LogP contribution in [0.4, 0.5) is 0 Å². The summed E-state index contributed by atoms with van der Waals surface area (Å²) >= 11 is 0. The number of quaternary nitrogens is 3. The third kappa shape index (κ3) is 47.2. The maximum atomic E-state index is 3.83. The molecule has 0 aromatic rings. The molecule has 0 aliphatic heterocycles. The van der Waals surface area contributed by atoms with Gasteiger partial charge in [0, 0.05) is 0 Å². The molecule has 0 aliphatic rings. The molecule has 0 spiro atoms. The van der Waals surface area contributed by atoms with E-state index in [2.05, 4.69) is 67.0 Å². The Bertz CT molecular complexity index is 268. The summed E-state index contributed by atoms with van der Waals surface area (Å²) in [5, 5.41) is 0. The summed E-state index contributed by atoms with van der Waals surface area (Å²) in [4.78, 5) is 2.26. The first kappa shape index (κ1) is 39.3. The minimum Gasteiger partial charge on any atom is -1.00 e. The van der Waals surface area contributed by atoms with Crippen LogP contribution in [0.15, 0.2) is 0 Å². The molecule has 4 nitrogen and oxygen atoms in total. The van der Waals surface area contributed by atoms with Crippen LogP contribution >= 0.6 is 0 Å². The molecule has 0 radical (unpaired) electrons. The summed E-state index contributed by atoms with van der Waals surface area (Å²) in [6.45, 7) is 4.95. The normalized spacial score (nSPS) is 10.9. The Morgan fingerprint density at radius 3 is 1.22 bits per heavy atom. The van der Waals surface area contributed by atoms with Crippen molar-refractivity contribution in [3.63, 3.8) is 0 Å². The fourth-order valence-corrected chi connectivity index (χ4v) is 2.48. The lowest BCUT2D eigenvalue weighted by Crippen LogP contribution is -3.00. The van der Waals surface area contributed by atoms with E-state index in [9.17, 15) is 0 Å². The molecule has 0 aliphatic carbocycles. The summed E-state index contributed by atoms with van der Waals surface area (Å²) in [5.41, 5.74) is 3.83. The Kier molecular flexibility index (Phi) is 35.0. The first-order chi connectivity index (χ1) is 11.0. The van der Waals surface area contributed by atoms with Crippen LogP contribution in [-0.2, 0) is 0 Å². The first-order valence-electron chi connectivity index (χ1n) is 10.0. The average molecular weight is 681 g/mol. The Balaban J connectivity index is -0.000000109. The molecule has 0 rings (SSSR count). The lowest BCUT2D eigenvalue weighted by Gasteiger charge is -2.23. The number of unbranched alkanes of at least 4 members (excludes halogenated alkanes) is 6. The minimum absolute atomic E-state index is 0. The molecule has 27 heavy (non-hydrogen) atoms. The zero-order valence-corrected chi connectivity index (χ0v) is 25.6. The van der Waals surface area contributed by atoms with E-state index in [0.717, 1.165) is 15.5 Å². The summed E-state index contributed by atoms with van der Waals surface area (Å²) in [7, 11) is 17.8. The highest BCUT2D eigenvalue weighted by atomic mass is 127. The fourth-order valence-electron chi connectivity index (χ4n) is 2.48. The Hall–Kier alpha value is 1.78. The zero-order chi connectivity index (χ0) is 19.1. The van der Waals surface area contributed by atoms with E-state index >= 15 is 0 Å². The van der Waals surface area contributed by atoms with Crippen LogP contribution in [0.2, 0.25) is 0 Å². The fraction of sp³-hybridized carbons (Fsp3) is 1.00. The summed E-state index contributed by atoms with van der Waals surface area (Å²) in [6.07, 6.45) is 10.9. The second-order valence-corrected chi connectivity index (χ2v) is 9.51. The highest BCUT2D eigenvalue weighted by Crippen LogP contribution is 2.03. The van der Waals surface area contributed by atoms with E-state index in [1.165, 1.54) is 71.0 Å². The van der Waals surface area contributed by atoms with Gasteiger partial charge in [-0.2, -0.15) is 0 Å². The quantitative estimate of drug-likeness (QED) is 0.117. The Morgan fingerprint density at radius 2 is 0.926 bits per heavy atom. The average Bonchev–Trinajstić information content (AvgIpc) is 2.40. The molecule has 0 saturated heterocycles. The van der Waals surface area contributed by atoms with E-state index in [4.69, 9.17) is 0 Å². The van der Waals surface area contributed by atoms with Crippen molar-refractivity contribution in [2.24, 2.45) is 0 Å². The Labute approximate surface area is 217 Å². The van der Waals surface area contributed by atoms with Crippen LogP contribution in [0.3, 0.4) is 0 Å². The van der Waals surface area contributed by atoms with Gasteiger partial charge in [-0.05, 0) is 65.6 Å². The van der Waals surface area contributed by atoms with Crippen molar-refractivity contribution in [1.29, 1.82) is 0 Å². The molecule has 0 aromatic heterocycles. The molecular weight excluding hydrogens is 630 g/mol. The standard InChI is InChI=1S/C11H27N2.C9H23N2.BrH.2HI/c1-12(2)10-8-6-7-9-11-13(3,4)5;1-11(2,3)9-7-5-4-6-8-10;;;/h6-11H2,1-5H3;4-10H2,1-3H3;3*1H/q2*+1;;;/p-2. The molecule has 172 valence electrons. The van der Waals surface area contributed by atoms with Gasteiger partial charge in [0.1, 0.15) is 0 Å². The number of rotatable bonds is 13. The third-order valence-corrected chi connectivity index (χ3v) is 4.01. The molecular formula is C20H51BrI2N4. The van der Waals surface area contributed by atoms with Gasteiger partial charge in [0.25, 0.3) is 0 Å². The predicted molar refractivity (Wildman–Crippen MR) is 109 cm³/mol. The van der Waals surface area contributed by atoms with Crippen molar-refractivity contribution in [2.75, 3.05) is 82.6 Å². The molecule has 0 bridgehead atoms. The lowest BCUT2D eigenvalue weighted by molar-refractivity contribution is -0.870. The third-order valence-electron chi connectivity index (χ3n) is 4.01. The van der Waals surface area contributed by atoms with E-state index in [-0.39, 0.29) is 64.9 Å². The van der Waals surface area contributed by atoms with Crippen LogP contribution in [-0.4, -0.2) is 96.4 Å². The van der Waals surface area contributed by atoms with Crippen molar-refractivity contribution in [2.45, 2.75) is 51.4 Å². The van der Waals surface area contributed by atoms with Crippen molar-refractivity contribution >= 4 is 0 Å². The van der Waals surface area contributed by atoms with Crippen LogP contribution in [0.25, 0.3) is 0 Å². The second-order valence-electron chi connectivity index (χ2n) is 9.51. The van der Waals surface area contributed by atoms with Gasteiger partial charge in [-0.1, -0.05) is 6.42 Å². The van der Waals surface area contributed by atoms with Crippen molar-refractivity contribution < 1.29 is 79.6 Å². The van der Waals surface area contributed by atoms with Crippen molar-refractivity contribution in [1.82, 2.24) is 4.90 Å². The largest absolute Gasteiger partial charge is 1.00 e. The van der Waals surface area contributed by atoms with Gasteiger partial charge < -0.3 is 84.5 Å². The van der Waals surface area contributed by atoms with Gasteiger partial charge in [0.2, 0.25) is 0 Å². The smallest absolute Gasteiger partial charge is 0.0780 e. The van der Waals surface area contributed by atoms with Gasteiger partial charge in [-0.15, -0.1) is 0 Å². The maximum absolute atomic E-state index is 3.83. The molecule has 0 heterocycles. The van der Waals surface area contributed by atoms with Crippen LogP contribution in [0, 0.1) is 0 Å². The molecule has 3 N–H and O–H groups in total. The lowest BCUT2D eigenvalue weighted by atomic mass is 10.2. The number of hydrogen-bond donors (Lipinski definition) is 1. The molecule has 0 saturated carbocycles. The highest BCUT2D eigenvalue weighted by Gasteiger charge is 2.05. The molecule has 0 amide bonds. The van der Waals surface area contributed by atoms with E-state index in [1.54, 1.807) is 0 Å². The number of nitrogens with zero attached hydrogens (tertiary/aromatic N) is 3. The number of hydrogen-bond acceptors (Lipinski definition) is 1. The van der Waals surface area contributed by atoms with Crippen LogP contribution in [0.1, 0.15) is 51.4 Å². The SMILES string of the molecule is CN(C)CCCCCC[N+](C)(C)C.C[N+](C)(C)CCCCCC[NH3+].[Br-].[I-].[I-]. The molecule has 7 heteroatoms. The Morgan fingerprint density at radius 1 is 0.593 bits per heavy atom. The zero-order valence-electron chi connectivity index (χ0n) is 19.7. The first-order valence-corrected chi connectivity index (χ1v) is 10.0. The van der Waals surface area contributed by atoms with Gasteiger partial charge in [0.15, 0.2) is 0 Å².